The molecule has 2 aliphatic rings. The molecule has 3 nitrogen and oxygen atoms in total. The molecule has 20 heavy (non-hydrogen) atoms. The fourth-order valence-electron chi connectivity index (χ4n) is 3.68. The van der Waals surface area contributed by atoms with Gasteiger partial charge in [-0.2, -0.15) is 0 Å². The highest BCUT2D eigenvalue weighted by Crippen LogP contribution is 2.35. The lowest BCUT2D eigenvalue weighted by atomic mass is 9.79. The first-order chi connectivity index (χ1) is 9.65. The minimum absolute atomic E-state index is 0.406. The second kappa shape index (κ2) is 5.31. The molecule has 1 aliphatic carbocycles. The van der Waals surface area contributed by atoms with Gasteiger partial charge in [0.25, 0.3) is 0 Å². The first-order valence-corrected chi connectivity index (χ1v) is 7.46. The maximum atomic E-state index is 6.14. The first-order valence-electron chi connectivity index (χ1n) is 7.46. The summed E-state index contributed by atoms with van der Waals surface area (Å²) >= 11 is 0. The predicted molar refractivity (Wildman–Crippen MR) is 84.8 cm³/mol. The zero-order valence-corrected chi connectivity index (χ0v) is 12.3. The molecule has 0 saturated heterocycles. The molecule has 0 spiro atoms. The molecule has 2 N–H and O–H groups in total. The number of guanidine groups is 1. The number of nitrogens with two attached hydrogens (primary N) is 1. The van der Waals surface area contributed by atoms with Crippen molar-refractivity contribution >= 4 is 11.6 Å². The predicted octanol–water partition coefficient (Wildman–Crippen LogP) is 3.18. The molecule has 0 saturated carbocycles. The highest BCUT2D eigenvalue weighted by Gasteiger charge is 2.35. The smallest absolute Gasteiger partial charge is 0.196 e. The van der Waals surface area contributed by atoms with E-state index in [1.54, 1.807) is 0 Å². The van der Waals surface area contributed by atoms with Crippen molar-refractivity contribution in [3.63, 3.8) is 0 Å². The van der Waals surface area contributed by atoms with Crippen LogP contribution in [-0.4, -0.2) is 18.5 Å². The molecule has 3 rings (SSSR count). The third-order valence-electron chi connectivity index (χ3n) is 4.43. The molecular formula is C17H23N3. The van der Waals surface area contributed by atoms with Gasteiger partial charge < -0.3 is 10.6 Å². The number of benzene rings is 1. The van der Waals surface area contributed by atoms with E-state index in [0.29, 0.717) is 23.8 Å². The Kier molecular flexibility index (Phi) is 3.51. The SMILES string of the molecule is CC1=CC(C)CC(C2CN=C(N)N2c2ccccc2)C1. The standard InChI is InChI=1S/C17H23N3/c1-12-8-13(2)10-14(9-12)16-11-19-17(18)20(16)15-6-4-3-5-7-15/h3-8,12,14,16H,9-11H2,1-2H3,(H2,18,19). The molecule has 0 bridgehead atoms. The Hall–Kier alpha value is -1.77. The number of anilines is 1. The van der Waals surface area contributed by atoms with Crippen LogP contribution in [0.1, 0.15) is 26.7 Å². The molecule has 3 unspecified atom stereocenters. The Morgan fingerprint density at radius 3 is 2.70 bits per heavy atom. The summed E-state index contributed by atoms with van der Waals surface area (Å²) in [5.74, 6) is 1.97. The van der Waals surface area contributed by atoms with Crippen molar-refractivity contribution in [3.8, 4) is 0 Å². The number of allylic oxidation sites excluding steroid dienone is 2. The molecule has 1 heterocycles. The summed E-state index contributed by atoms with van der Waals surface area (Å²) in [7, 11) is 0. The van der Waals surface area contributed by atoms with Gasteiger partial charge in [0, 0.05) is 5.69 Å². The molecule has 3 atom stereocenters. The van der Waals surface area contributed by atoms with Crippen LogP contribution in [0, 0.1) is 11.8 Å². The molecule has 0 fully saturated rings. The molecule has 1 aliphatic heterocycles. The van der Waals surface area contributed by atoms with Gasteiger partial charge in [-0.1, -0.05) is 36.8 Å². The normalized spacial score (nSPS) is 30.1. The number of nitrogens with zero attached hydrogens (tertiary/aromatic N) is 2. The highest BCUT2D eigenvalue weighted by atomic mass is 15.3. The summed E-state index contributed by atoms with van der Waals surface area (Å²) in [5, 5.41) is 0. The van der Waals surface area contributed by atoms with Crippen molar-refractivity contribution in [2.45, 2.75) is 32.7 Å². The molecule has 0 aromatic heterocycles. The summed E-state index contributed by atoms with van der Waals surface area (Å²) in [6.45, 7) is 5.38. The van der Waals surface area contributed by atoms with Gasteiger partial charge in [-0.05, 0) is 43.7 Å². The molecule has 3 heteroatoms. The van der Waals surface area contributed by atoms with E-state index < -0.39 is 0 Å². The molecule has 1 aromatic rings. The van der Waals surface area contributed by atoms with Crippen molar-refractivity contribution in [1.82, 2.24) is 0 Å². The van der Waals surface area contributed by atoms with Crippen LogP contribution in [0.25, 0.3) is 0 Å². The molecule has 0 amide bonds. The summed E-state index contributed by atoms with van der Waals surface area (Å²) in [4.78, 5) is 6.73. The molecular weight excluding hydrogens is 246 g/mol. The Morgan fingerprint density at radius 1 is 1.25 bits per heavy atom. The van der Waals surface area contributed by atoms with Gasteiger partial charge in [-0.25, -0.2) is 0 Å². The van der Waals surface area contributed by atoms with Gasteiger partial charge in [0.2, 0.25) is 0 Å². The van der Waals surface area contributed by atoms with Crippen molar-refractivity contribution in [1.29, 1.82) is 0 Å². The lowest BCUT2D eigenvalue weighted by molar-refractivity contribution is 0.350. The Labute approximate surface area is 121 Å². The molecule has 106 valence electrons. The van der Waals surface area contributed by atoms with Crippen molar-refractivity contribution in [2.75, 3.05) is 11.4 Å². The zero-order chi connectivity index (χ0) is 14.1. The van der Waals surface area contributed by atoms with E-state index in [1.165, 1.54) is 18.4 Å². The van der Waals surface area contributed by atoms with Crippen LogP contribution in [0.2, 0.25) is 0 Å². The van der Waals surface area contributed by atoms with Gasteiger partial charge >= 0.3 is 0 Å². The van der Waals surface area contributed by atoms with E-state index in [-0.39, 0.29) is 0 Å². The third kappa shape index (κ3) is 2.45. The quantitative estimate of drug-likeness (QED) is 0.838. The Bertz CT molecular complexity index is 532. The number of hydrogen-bond donors (Lipinski definition) is 1. The lowest BCUT2D eigenvalue weighted by Gasteiger charge is -2.36. The second-order valence-electron chi connectivity index (χ2n) is 6.16. The van der Waals surface area contributed by atoms with Crippen LogP contribution in [0.4, 0.5) is 5.69 Å². The molecule has 1 aromatic carbocycles. The van der Waals surface area contributed by atoms with Gasteiger partial charge in [-0.3, -0.25) is 4.99 Å². The average Bonchev–Trinajstić information content (AvgIpc) is 2.80. The third-order valence-corrected chi connectivity index (χ3v) is 4.43. The highest BCUT2D eigenvalue weighted by molar-refractivity contribution is 5.97. The monoisotopic (exact) mass is 269 g/mol. The van der Waals surface area contributed by atoms with Crippen LogP contribution < -0.4 is 10.6 Å². The van der Waals surface area contributed by atoms with E-state index in [1.807, 2.05) is 6.07 Å². The van der Waals surface area contributed by atoms with Crippen molar-refractivity contribution < 1.29 is 0 Å². The Morgan fingerprint density at radius 2 is 2.00 bits per heavy atom. The van der Waals surface area contributed by atoms with Crippen LogP contribution in [-0.2, 0) is 0 Å². The summed E-state index contributed by atoms with van der Waals surface area (Å²) in [6.07, 6.45) is 4.80. The average molecular weight is 269 g/mol. The number of aliphatic imine (C=N–C) groups is 1. The minimum Gasteiger partial charge on any atom is -0.370 e. The minimum atomic E-state index is 0.406. The topological polar surface area (TPSA) is 41.6 Å². The maximum Gasteiger partial charge on any atom is 0.196 e. The first kappa shape index (κ1) is 13.2. The van der Waals surface area contributed by atoms with Crippen LogP contribution >= 0.6 is 0 Å². The van der Waals surface area contributed by atoms with Crippen molar-refractivity contribution in [3.05, 3.63) is 42.0 Å². The lowest BCUT2D eigenvalue weighted by Crippen LogP contribution is -2.45. The fraction of sp³-hybridized carbons (Fsp3) is 0.471. The van der Waals surface area contributed by atoms with E-state index in [0.717, 1.165) is 12.2 Å². The summed E-state index contributed by atoms with van der Waals surface area (Å²) in [6, 6.07) is 10.8. The molecule has 0 radical (unpaired) electrons. The summed E-state index contributed by atoms with van der Waals surface area (Å²) < 4.78 is 0. The van der Waals surface area contributed by atoms with Crippen LogP contribution in [0.15, 0.2) is 47.0 Å². The summed E-state index contributed by atoms with van der Waals surface area (Å²) in [5.41, 5.74) is 8.81. The van der Waals surface area contributed by atoms with E-state index in [2.05, 4.69) is 54.1 Å². The van der Waals surface area contributed by atoms with Crippen LogP contribution in [0.3, 0.4) is 0 Å². The van der Waals surface area contributed by atoms with E-state index in [4.69, 9.17) is 5.73 Å². The number of rotatable bonds is 2. The van der Waals surface area contributed by atoms with Crippen LogP contribution in [0.5, 0.6) is 0 Å². The second-order valence-corrected chi connectivity index (χ2v) is 6.16. The maximum absolute atomic E-state index is 6.14. The largest absolute Gasteiger partial charge is 0.370 e. The number of hydrogen-bond acceptors (Lipinski definition) is 3. The van der Waals surface area contributed by atoms with Gasteiger partial charge in [-0.15, -0.1) is 0 Å². The fourth-order valence-corrected chi connectivity index (χ4v) is 3.68. The van der Waals surface area contributed by atoms with Gasteiger partial charge in [0.1, 0.15) is 0 Å². The van der Waals surface area contributed by atoms with Crippen molar-refractivity contribution in [2.24, 2.45) is 22.6 Å². The van der Waals surface area contributed by atoms with Gasteiger partial charge in [0.15, 0.2) is 5.96 Å². The van der Waals surface area contributed by atoms with E-state index in [9.17, 15) is 0 Å². The van der Waals surface area contributed by atoms with Gasteiger partial charge in [0.05, 0.1) is 12.6 Å². The Balaban J connectivity index is 1.85. The zero-order valence-electron chi connectivity index (χ0n) is 12.3. The number of para-hydroxylation sites is 1. The van der Waals surface area contributed by atoms with E-state index >= 15 is 0 Å².